The number of nitrogen functional groups attached to an aromatic ring is 1. The molecule has 2 aromatic carbocycles. The number of carbonyl (C=O) groups is 1. The lowest BCUT2D eigenvalue weighted by molar-refractivity contribution is -0.119. The van der Waals surface area contributed by atoms with Crippen LogP contribution in [0.15, 0.2) is 58.1 Å². The fourth-order valence-corrected chi connectivity index (χ4v) is 3.54. The fraction of sp³-hybridized carbons (Fsp3) is 0.261. The minimum Gasteiger partial charge on any atom is -0.383 e. The van der Waals surface area contributed by atoms with Gasteiger partial charge in [-0.25, -0.2) is 13.6 Å². The van der Waals surface area contributed by atoms with Crippen molar-refractivity contribution in [3.05, 3.63) is 92.1 Å². The highest BCUT2D eigenvalue weighted by molar-refractivity contribution is 5.96. The van der Waals surface area contributed by atoms with E-state index < -0.39 is 28.8 Å². The van der Waals surface area contributed by atoms with Crippen molar-refractivity contribution in [1.82, 2.24) is 14.5 Å². The molecule has 1 aromatic heterocycles. The minimum absolute atomic E-state index is 0.112. The average Bonchev–Trinajstić information content (AvgIpc) is 2.77. The summed E-state index contributed by atoms with van der Waals surface area (Å²) in [6, 6.07) is 12.6. The molecule has 1 heterocycles. The van der Waals surface area contributed by atoms with Crippen LogP contribution in [0.2, 0.25) is 0 Å². The Morgan fingerprint density at radius 2 is 1.76 bits per heavy atom. The number of carbonyl (C=O) groups excluding carboxylic acids is 1. The van der Waals surface area contributed by atoms with E-state index in [4.69, 9.17) is 5.73 Å². The van der Waals surface area contributed by atoms with Crippen LogP contribution in [0.1, 0.15) is 18.1 Å². The number of rotatable bonds is 8. The Bertz CT molecular complexity index is 1260. The van der Waals surface area contributed by atoms with Gasteiger partial charge in [-0.3, -0.25) is 24.0 Å². The molecule has 10 heteroatoms. The number of nitrogens with two attached hydrogens (primary N) is 1. The summed E-state index contributed by atoms with van der Waals surface area (Å²) >= 11 is 0. The number of benzene rings is 2. The van der Waals surface area contributed by atoms with E-state index in [0.717, 1.165) is 17.7 Å². The van der Waals surface area contributed by atoms with Crippen LogP contribution in [0.3, 0.4) is 0 Å². The van der Waals surface area contributed by atoms with Gasteiger partial charge in [-0.05, 0) is 37.2 Å². The number of likely N-dealkylation sites (N-methyl/N-ethyl adjacent to an activating group) is 2. The van der Waals surface area contributed by atoms with Gasteiger partial charge in [0, 0.05) is 13.1 Å². The second kappa shape index (κ2) is 10.2. The largest absolute Gasteiger partial charge is 0.383 e. The average molecular weight is 457 g/mol. The van der Waals surface area contributed by atoms with Crippen molar-refractivity contribution in [1.29, 1.82) is 0 Å². The van der Waals surface area contributed by atoms with Gasteiger partial charge >= 0.3 is 5.69 Å². The summed E-state index contributed by atoms with van der Waals surface area (Å²) in [6.07, 6.45) is 0. The van der Waals surface area contributed by atoms with Crippen LogP contribution in [-0.2, 0) is 17.9 Å². The van der Waals surface area contributed by atoms with Crippen LogP contribution >= 0.6 is 0 Å². The van der Waals surface area contributed by atoms with Gasteiger partial charge in [-0.1, -0.05) is 36.4 Å². The van der Waals surface area contributed by atoms with Gasteiger partial charge in [-0.15, -0.1) is 0 Å². The Kier molecular flexibility index (Phi) is 7.39. The number of nitrogens with zero attached hydrogens (tertiary/aromatic N) is 3. The van der Waals surface area contributed by atoms with Crippen LogP contribution in [0.4, 0.5) is 20.3 Å². The van der Waals surface area contributed by atoms with E-state index in [1.165, 1.54) is 15.5 Å². The van der Waals surface area contributed by atoms with Gasteiger partial charge in [0.25, 0.3) is 5.56 Å². The number of anilines is 2. The molecule has 0 unspecified atom stereocenters. The summed E-state index contributed by atoms with van der Waals surface area (Å²) < 4.78 is 27.8. The predicted molar refractivity (Wildman–Crippen MR) is 122 cm³/mol. The first kappa shape index (κ1) is 23.9. The molecule has 0 atom stereocenters. The summed E-state index contributed by atoms with van der Waals surface area (Å²) in [5, 5.41) is 0. The number of aromatic nitrogens is 2. The third kappa shape index (κ3) is 5.53. The molecule has 0 saturated heterocycles. The molecule has 3 N–H and O–H groups in total. The fourth-order valence-electron chi connectivity index (χ4n) is 3.54. The van der Waals surface area contributed by atoms with Crippen molar-refractivity contribution in [3.8, 4) is 0 Å². The number of amides is 1. The van der Waals surface area contributed by atoms with Crippen LogP contribution in [0.5, 0.6) is 0 Å². The topological polar surface area (TPSA) is 104 Å². The lowest BCUT2D eigenvalue weighted by Crippen LogP contribution is -2.44. The lowest BCUT2D eigenvalue weighted by Gasteiger charge is -2.25. The van der Waals surface area contributed by atoms with Crippen LogP contribution in [0, 0.1) is 11.6 Å². The molecule has 33 heavy (non-hydrogen) atoms. The Hall–Kier alpha value is -3.79. The van der Waals surface area contributed by atoms with Gasteiger partial charge in [0.2, 0.25) is 5.91 Å². The van der Waals surface area contributed by atoms with E-state index in [0.29, 0.717) is 5.56 Å². The predicted octanol–water partition coefficient (Wildman–Crippen LogP) is 1.93. The normalized spacial score (nSPS) is 11.1. The van der Waals surface area contributed by atoms with Gasteiger partial charge in [0.15, 0.2) is 17.3 Å². The standard InChI is InChI=1S/C23H25F2N5O3/c1-3-29(19(31)14-28(2)12-16-9-10-17(24)18(25)11-16)20-21(26)30(23(33)27-22(20)32)13-15-7-5-4-6-8-15/h4-11H,3,12-14,26H2,1-2H3,(H,27,32,33). The number of H-pyrrole nitrogens is 1. The second-order valence-electron chi connectivity index (χ2n) is 7.62. The van der Waals surface area contributed by atoms with Crippen molar-refractivity contribution in [2.45, 2.75) is 20.0 Å². The van der Waals surface area contributed by atoms with Crippen molar-refractivity contribution >= 4 is 17.4 Å². The van der Waals surface area contributed by atoms with E-state index >= 15 is 0 Å². The molecule has 0 bridgehead atoms. The summed E-state index contributed by atoms with van der Waals surface area (Å²) in [5.74, 6) is -2.48. The first-order chi connectivity index (χ1) is 15.7. The zero-order chi connectivity index (χ0) is 24.1. The maximum absolute atomic E-state index is 13.5. The molecule has 0 aliphatic carbocycles. The van der Waals surface area contributed by atoms with Crippen LogP contribution in [-0.4, -0.2) is 40.5 Å². The highest BCUT2D eigenvalue weighted by Gasteiger charge is 2.24. The smallest absolute Gasteiger partial charge is 0.330 e. The summed E-state index contributed by atoms with van der Waals surface area (Å²) in [6.45, 7) is 1.99. The molecular weight excluding hydrogens is 432 g/mol. The van der Waals surface area contributed by atoms with Gasteiger partial charge in [-0.2, -0.15) is 0 Å². The maximum atomic E-state index is 13.5. The summed E-state index contributed by atoms with van der Waals surface area (Å²) in [5.41, 5.74) is 5.92. The molecule has 0 aliphatic heterocycles. The summed E-state index contributed by atoms with van der Waals surface area (Å²) in [7, 11) is 1.64. The molecule has 0 radical (unpaired) electrons. The van der Waals surface area contributed by atoms with Crippen LogP contribution < -0.4 is 21.9 Å². The monoisotopic (exact) mass is 457 g/mol. The second-order valence-corrected chi connectivity index (χ2v) is 7.62. The number of aromatic amines is 1. The molecule has 174 valence electrons. The number of halogens is 2. The first-order valence-corrected chi connectivity index (χ1v) is 10.3. The van der Waals surface area contributed by atoms with Crippen molar-refractivity contribution in [2.24, 2.45) is 0 Å². The number of nitrogens with one attached hydrogen (secondary N) is 1. The van der Waals surface area contributed by atoms with Crippen LogP contribution in [0.25, 0.3) is 0 Å². The van der Waals surface area contributed by atoms with Crippen molar-refractivity contribution < 1.29 is 13.6 Å². The molecule has 0 saturated carbocycles. The Morgan fingerprint density at radius 3 is 2.39 bits per heavy atom. The van der Waals surface area contributed by atoms with E-state index in [9.17, 15) is 23.2 Å². The number of hydrogen-bond donors (Lipinski definition) is 2. The highest BCUT2D eigenvalue weighted by atomic mass is 19.2. The third-order valence-electron chi connectivity index (χ3n) is 5.13. The molecule has 0 spiro atoms. The highest BCUT2D eigenvalue weighted by Crippen LogP contribution is 2.18. The number of hydrogen-bond acceptors (Lipinski definition) is 5. The minimum atomic E-state index is -0.970. The van der Waals surface area contributed by atoms with E-state index in [1.807, 2.05) is 30.3 Å². The molecular formula is C23H25F2N5O3. The molecule has 3 aromatic rings. The first-order valence-electron chi connectivity index (χ1n) is 10.3. The summed E-state index contributed by atoms with van der Waals surface area (Å²) in [4.78, 5) is 43.0. The quantitative estimate of drug-likeness (QED) is 0.538. The zero-order valence-corrected chi connectivity index (χ0v) is 18.3. The van der Waals surface area contributed by atoms with E-state index in [1.54, 1.807) is 18.9 Å². The Morgan fingerprint density at radius 1 is 1.06 bits per heavy atom. The molecule has 3 rings (SSSR count). The molecule has 8 nitrogen and oxygen atoms in total. The zero-order valence-electron chi connectivity index (χ0n) is 18.3. The third-order valence-corrected chi connectivity index (χ3v) is 5.13. The maximum Gasteiger partial charge on any atom is 0.330 e. The van der Waals surface area contributed by atoms with Crippen molar-refractivity contribution in [3.63, 3.8) is 0 Å². The molecule has 0 aliphatic rings. The Balaban J connectivity index is 1.84. The van der Waals surface area contributed by atoms with E-state index in [2.05, 4.69) is 4.98 Å². The molecule has 1 amide bonds. The molecule has 0 fully saturated rings. The van der Waals surface area contributed by atoms with Gasteiger partial charge < -0.3 is 10.6 Å². The lowest BCUT2D eigenvalue weighted by atomic mass is 10.2. The Labute approximate surface area is 188 Å². The SMILES string of the molecule is CCN(C(=O)CN(C)Cc1ccc(F)c(F)c1)c1c(N)n(Cc2ccccc2)c(=O)[nH]c1=O. The van der Waals surface area contributed by atoms with E-state index in [-0.39, 0.29) is 37.7 Å². The van der Waals surface area contributed by atoms with Crippen molar-refractivity contribution in [2.75, 3.05) is 30.8 Å². The van der Waals surface area contributed by atoms with Gasteiger partial charge in [0.05, 0.1) is 13.1 Å². The van der Waals surface area contributed by atoms with Gasteiger partial charge in [0.1, 0.15) is 5.82 Å².